The highest BCUT2D eigenvalue weighted by Gasteiger charge is 2.16. The molecule has 0 fully saturated rings. The summed E-state index contributed by atoms with van der Waals surface area (Å²) in [6.45, 7) is 0. The van der Waals surface area contributed by atoms with Crippen molar-refractivity contribution in [1.82, 2.24) is 0 Å². The molecule has 3 aromatic carbocycles. The Morgan fingerprint density at radius 3 is 2.10 bits per heavy atom. The number of methoxy groups -OCH3 is 1. The predicted molar refractivity (Wildman–Crippen MR) is 81.0 cm³/mol. The maximum Gasteiger partial charge on any atom is 0.125 e. The zero-order valence-corrected chi connectivity index (χ0v) is 11.3. The molecule has 0 amide bonds. The maximum atomic E-state index is 10.6. The van der Waals surface area contributed by atoms with Gasteiger partial charge in [0.2, 0.25) is 0 Å². The third-order valence-corrected chi connectivity index (χ3v) is 3.51. The average Bonchev–Trinajstić information content (AvgIpc) is 2.53. The lowest BCUT2D eigenvalue weighted by Gasteiger charge is -2.16. The highest BCUT2D eigenvalue weighted by molar-refractivity contribution is 5.85. The van der Waals surface area contributed by atoms with Crippen molar-refractivity contribution in [3.05, 3.63) is 77.9 Å². The second kappa shape index (κ2) is 5.35. The van der Waals surface area contributed by atoms with E-state index in [0.29, 0.717) is 5.75 Å². The van der Waals surface area contributed by atoms with Crippen LogP contribution in [-0.4, -0.2) is 12.2 Å². The normalized spacial score (nSPS) is 12.3. The van der Waals surface area contributed by atoms with E-state index < -0.39 is 6.10 Å². The monoisotopic (exact) mass is 264 g/mol. The van der Waals surface area contributed by atoms with E-state index in [1.54, 1.807) is 7.11 Å². The van der Waals surface area contributed by atoms with Crippen molar-refractivity contribution in [3.63, 3.8) is 0 Å². The van der Waals surface area contributed by atoms with Gasteiger partial charge in [0.1, 0.15) is 11.9 Å². The van der Waals surface area contributed by atoms with Gasteiger partial charge in [-0.25, -0.2) is 0 Å². The Balaban J connectivity index is 2.14. The highest BCUT2D eigenvalue weighted by Crippen LogP contribution is 2.33. The van der Waals surface area contributed by atoms with Gasteiger partial charge in [-0.05, 0) is 28.5 Å². The van der Waals surface area contributed by atoms with Crippen molar-refractivity contribution in [2.45, 2.75) is 6.10 Å². The van der Waals surface area contributed by atoms with Gasteiger partial charge < -0.3 is 9.84 Å². The first-order chi connectivity index (χ1) is 9.79. The first kappa shape index (κ1) is 12.7. The van der Waals surface area contributed by atoms with Crippen LogP contribution in [0.25, 0.3) is 10.8 Å². The Hall–Kier alpha value is -2.32. The topological polar surface area (TPSA) is 29.5 Å². The van der Waals surface area contributed by atoms with Gasteiger partial charge in [-0.1, -0.05) is 54.6 Å². The highest BCUT2D eigenvalue weighted by atomic mass is 16.5. The van der Waals surface area contributed by atoms with E-state index >= 15 is 0 Å². The fourth-order valence-corrected chi connectivity index (χ4v) is 2.44. The fraction of sp³-hybridized carbons (Fsp3) is 0.111. The quantitative estimate of drug-likeness (QED) is 0.776. The summed E-state index contributed by atoms with van der Waals surface area (Å²) < 4.78 is 5.44. The molecule has 0 aromatic heterocycles. The molecule has 0 aliphatic rings. The summed E-state index contributed by atoms with van der Waals surface area (Å²) in [5, 5.41) is 12.8. The van der Waals surface area contributed by atoms with Crippen LogP contribution < -0.4 is 4.74 Å². The van der Waals surface area contributed by atoms with E-state index in [4.69, 9.17) is 4.74 Å². The molecule has 1 atom stereocenters. The van der Waals surface area contributed by atoms with Crippen LogP contribution in [0.1, 0.15) is 17.2 Å². The van der Waals surface area contributed by atoms with Gasteiger partial charge in [0.25, 0.3) is 0 Å². The Kier molecular flexibility index (Phi) is 3.40. The lowest BCUT2D eigenvalue weighted by Crippen LogP contribution is -2.02. The summed E-state index contributed by atoms with van der Waals surface area (Å²) in [4.78, 5) is 0. The molecule has 3 aromatic rings. The molecule has 1 N–H and O–H groups in total. The van der Waals surface area contributed by atoms with E-state index in [1.807, 2.05) is 66.7 Å². The molecule has 0 saturated carbocycles. The Labute approximate surface area is 118 Å². The lowest BCUT2D eigenvalue weighted by molar-refractivity contribution is 0.215. The van der Waals surface area contributed by atoms with E-state index in [-0.39, 0.29) is 0 Å². The molecule has 0 spiro atoms. The van der Waals surface area contributed by atoms with Crippen LogP contribution in [0.15, 0.2) is 66.7 Å². The zero-order chi connectivity index (χ0) is 13.9. The minimum Gasteiger partial charge on any atom is -0.496 e. The van der Waals surface area contributed by atoms with Crippen LogP contribution in [-0.2, 0) is 0 Å². The first-order valence-corrected chi connectivity index (χ1v) is 6.59. The van der Waals surface area contributed by atoms with Crippen LogP contribution in [0.4, 0.5) is 0 Å². The Morgan fingerprint density at radius 1 is 0.850 bits per heavy atom. The van der Waals surface area contributed by atoms with Gasteiger partial charge in [0.15, 0.2) is 0 Å². The summed E-state index contributed by atoms with van der Waals surface area (Å²) >= 11 is 0. The summed E-state index contributed by atoms with van der Waals surface area (Å²) in [7, 11) is 1.63. The molecule has 0 unspecified atom stereocenters. The number of aliphatic hydroxyl groups is 1. The number of ether oxygens (including phenoxy) is 1. The van der Waals surface area contributed by atoms with Crippen molar-refractivity contribution in [2.24, 2.45) is 0 Å². The van der Waals surface area contributed by atoms with Crippen LogP contribution in [0.2, 0.25) is 0 Å². The van der Waals surface area contributed by atoms with E-state index in [1.165, 1.54) is 0 Å². The number of rotatable bonds is 3. The SMILES string of the molecule is COc1cc2ccccc2cc1[C@@H](O)c1ccccc1. The average molecular weight is 264 g/mol. The molecule has 0 bridgehead atoms. The molecular formula is C18H16O2. The third kappa shape index (κ3) is 2.26. The van der Waals surface area contributed by atoms with Crippen LogP contribution in [0, 0.1) is 0 Å². The van der Waals surface area contributed by atoms with E-state index in [2.05, 4.69) is 0 Å². The minimum absolute atomic E-state index is 0.684. The largest absolute Gasteiger partial charge is 0.496 e. The lowest BCUT2D eigenvalue weighted by atomic mass is 9.97. The molecule has 0 aliphatic heterocycles. The third-order valence-electron chi connectivity index (χ3n) is 3.51. The van der Waals surface area contributed by atoms with Crippen molar-refractivity contribution < 1.29 is 9.84 Å². The molecular weight excluding hydrogens is 248 g/mol. The van der Waals surface area contributed by atoms with Gasteiger partial charge in [-0.3, -0.25) is 0 Å². The predicted octanol–water partition coefficient (Wildman–Crippen LogP) is 3.93. The summed E-state index contributed by atoms with van der Waals surface area (Å²) in [6.07, 6.45) is -0.684. The Bertz CT molecular complexity index is 720. The van der Waals surface area contributed by atoms with Crippen molar-refractivity contribution in [1.29, 1.82) is 0 Å². The van der Waals surface area contributed by atoms with Crippen LogP contribution in [0.5, 0.6) is 5.75 Å². The molecule has 2 heteroatoms. The van der Waals surface area contributed by atoms with E-state index in [9.17, 15) is 5.11 Å². The van der Waals surface area contributed by atoms with E-state index in [0.717, 1.165) is 21.9 Å². The summed E-state index contributed by atoms with van der Waals surface area (Å²) in [6, 6.07) is 21.6. The fourth-order valence-electron chi connectivity index (χ4n) is 2.44. The van der Waals surface area contributed by atoms with Crippen molar-refractivity contribution in [3.8, 4) is 5.75 Å². The molecule has 0 aliphatic carbocycles. The van der Waals surface area contributed by atoms with Crippen molar-refractivity contribution >= 4 is 10.8 Å². The zero-order valence-electron chi connectivity index (χ0n) is 11.3. The molecule has 0 heterocycles. The molecule has 100 valence electrons. The molecule has 0 radical (unpaired) electrons. The number of fused-ring (bicyclic) bond motifs is 1. The smallest absolute Gasteiger partial charge is 0.125 e. The number of hydrogen-bond acceptors (Lipinski definition) is 2. The standard InChI is InChI=1S/C18H16O2/c1-20-17-12-15-10-6-5-9-14(15)11-16(17)18(19)13-7-3-2-4-8-13/h2-12,18-19H,1H3/t18-/m0/s1. The number of hydrogen-bond donors (Lipinski definition) is 1. The number of aliphatic hydroxyl groups excluding tert-OH is 1. The first-order valence-electron chi connectivity index (χ1n) is 6.59. The second-order valence-electron chi connectivity index (χ2n) is 4.75. The molecule has 3 rings (SSSR count). The molecule has 2 nitrogen and oxygen atoms in total. The van der Waals surface area contributed by atoms with Crippen LogP contribution >= 0.6 is 0 Å². The van der Waals surface area contributed by atoms with Gasteiger partial charge >= 0.3 is 0 Å². The Morgan fingerprint density at radius 2 is 1.45 bits per heavy atom. The maximum absolute atomic E-state index is 10.6. The molecule has 0 saturated heterocycles. The van der Waals surface area contributed by atoms with Gasteiger partial charge in [0.05, 0.1) is 7.11 Å². The van der Waals surface area contributed by atoms with Crippen LogP contribution in [0.3, 0.4) is 0 Å². The number of benzene rings is 3. The van der Waals surface area contributed by atoms with Gasteiger partial charge in [0, 0.05) is 5.56 Å². The minimum atomic E-state index is -0.684. The van der Waals surface area contributed by atoms with Crippen molar-refractivity contribution in [2.75, 3.05) is 7.11 Å². The summed E-state index contributed by atoms with van der Waals surface area (Å²) in [5.41, 5.74) is 1.65. The van der Waals surface area contributed by atoms with Gasteiger partial charge in [-0.2, -0.15) is 0 Å². The second-order valence-corrected chi connectivity index (χ2v) is 4.75. The van der Waals surface area contributed by atoms with Gasteiger partial charge in [-0.15, -0.1) is 0 Å². The summed E-state index contributed by atoms with van der Waals surface area (Å²) in [5.74, 6) is 0.708. The molecule has 20 heavy (non-hydrogen) atoms.